The summed E-state index contributed by atoms with van der Waals surface area (Å²) in [4.78, 5) is 12.1. The first kappa shape index (κ1) is 12.8. The van der Waals surface area contributed by atoms with E-state index in [0.29, 0.717) is 12.0 Å². The Labute approximate surface area is 123 Å². The van der Waals surface area contributed by atoms with E-state index in [0.717, 1.165) is 14.9 Å². The summed E-state index contributed by atoms with van der Waals surface area (Å²) in [6.45, 7) is 0. The lowest BCUT2D eigenvalue weighted by atomic mass is 10.1. The smallest absolute Gasteiger partial charge is 0.252 e. The molecule has 1 amide bonds. The fourth-order valence-corrected chi connectivity index (χ4v) is 3.54. The molecule has 5 heteroatoms. The molecule has 0 spiro atoms. The standard InChI is InChI=1S/C14H12BrNO2S/c15-12-6-9(7-19-12)14(18)16-13-10-4-2-1-3-8(10)5-11(13)17/h1-4,6-7,11,13,17H,5H2,(H,16,18). The third-order valence-electron chi connectivity index (χ3n) is 3.32. The molecule has 1 aromatic heterocycles. The van der Waals surface area contributed by atoms with Gasteiger partial charge in [0.15, 0.2) is 0 Å². The van der Waals surface area contributed by atoms with Crippen LogP contribution in [0.25, 0.3) is 0 Å². The van der Waals surface area contributed by atoms with Crippen molar-refractivity contribution in [2.75, 3.05) is 0 Å². The Morgan fingerprint density at radius 1 is 1.42 bits per heavy atom. The normalized spacial score (nSPS) is 21.2. The number of fused-ring (bicyclic) bond motifs is 1. The first-order valence-corrected chi connectivity index (χ1v) is 7.63. The Morgan fingerprint density at radius 2 is 2.21 bits per heavy atom. The molecular weight excluding hydrogens is 326 g/mol. The van der Waals surface area contributed by atoms with E-state index < -0.39 is 6.10 Å². The van der Waals surface area contributed by atoms with Gasteiger partial charge in [0.1, 0.15) is 0 Å². The lowest BCUT2D eigenvalue weighted by Crippen LogP contribution is -2.33. The fourth-order valence-electron chi connectivity index (χ4n) is 2.40. The number of thiophene rings is 1. The molecule has 0 saturated carbocycles. The summed E-state index contributed by atoms with van der Waals surface area (Å²) in [7, 11) is 0. The topological polar surface area (TPSA) is 49.3 Å². The largest absolute Gasteiger partial charge is 0.390 e. The van der Waals surface area contributed by atoms with Crippen molar-refractivity contribution in [1.82, 2.24) is 5.32 Å². The average molecular weight is 338 g/mol. The van der Waals surface area contributed by atoms with Crippen LogP contribution in [0.1, 0.15) is 27.5 Å². The van der Waals surface area contributed by atoms with Gasteiger partial charge < -0.3 is 10.4 Å². The number of aliphatic hydroxyl groups excluding tert-OH is 1. The SMILES string of the molecule is O=C(NC1c2ccccc2CC1O)c1csc(Br)c1. The highest BCUT2D eigenvalue weighted by Gasteiger charge is 2.32. The molecule has 0 fully saturated rings. The second kappa shape index (κ2) is 5.07. The number of nitrogens with one attached hydrogen (secondary N) is 1. The van der Waals surface area contributed by atoms with Gasteiger partial charge in [-0.2, -0.15) is 0 Å². The third-order valence-corrected chi connectivity index (χ3v) is 4.82. The number of hydrogen-bond acceptors (Lipinski definition) is 3. The first-order chi connectivity index (χ1) is 9.15. The van der Waals surface area contributed by atoms with Gasteiger partial charge in [0, 0.05) is 11.8 Å². The fraction of sp³-hybridized carbons (Fsp3) is 0.214. The Balaban J connectivity index is 1.82. The predicted molar refractivity (Wildman–Crippen MR) is 78.4 cm³/mol. The van der Waals surface area contributed by atoms with Crippen LogP contribution >= 0.6 is 27.3 Å². The number of amides is 1. The van der Waals surface area contributed by atoms with E-state index in [1.165, 1.54) is 11.3 Å². The molecule has 1 aliphatic rings. The van der Waals surface area contributed by atoms with Crippen molar-refractivity contribution in [2.24, 2.45) is 0 Å². The lowest BCUT2D eigenvalue weighted by molar-refractivity contribution is 0.0858. The predicted octanol–water partition coefficient (Wildman–Crippen LogP) is 2.90. The van der Waals surface area contributed by atoms with Crippen LogP contribution in [-0.4, -0.2) is 17.1 Å². The van der Waals surface area contributed by atoms with Crippen molar-refractivity contribution in [3.05, 3.63) is 56.2 Å². The molecule has 3 nitrogen and oxygen atoms in total. The van der Waals surface area contributed by atoms with Crippen LogP contribution in [0.5, 0.6) is 0 Å². The number of hydrogen-bond donors (Lipinski definition) is 2. The van der Waals surface area contributed by atoms with Gasteiger partial charge in [0.2, 0.25) is 0 Å². The number of benzene rings is 1. The molecule has 2 atom stereocenters. The van der Waals surface area contributed by atoms with Crippen LogP contribution in [0.15, 0.2) is 39.5 Å². The highest BCUT2D eigenvalue weighted by atomic mass is 79.9. The van der Waals surface area contributed by atoms with Crippen molar-refractivity contribution in [2.45, 2.75) is 18.6 Å². The number of rotatable bonds is 2. The maximum absolute atomic E-state index is 12.1. The van der Waals surface area contributed by atoms with E-state index in [2.05, 4.69) is 21.2 Å². The summed E-state index contributed by atoms with van der Waals surface area (Å²) in [6.07, 6.45) is 0.0393. The molecule has 0 bridgehead atoms. The van der Waals surface area contributed by atoms with Crippen LogP contribution in [0, 0.1) is 0 Å². The van der Waals surface area contributed by atoms with Crippen LogP contribution in [0.4, 0.5) is 0 Å². The summed E-state index contributed by atoms with van der Waals surface area (Å²) >= 11 is 4.81. The molecule has 1 aliphatic carbocycles. The molecule has 1 heterocycles. The molecule has 1 aromatic carbocycles. The number of aliphatic hydroxyl groups is 1. The van der Waals surface area contributed by atoms with Gasteiger partial charge in [0.05, 0.1) is 21.5 Å². The van der Waals surface area contributed by atoms with E-state index in [1.807, 2.05) is 24.3 Å². The summed E-state index contributed by atoms with van der Waals surface area (Å²) in [6, 6.07) is 9.30. The van der Waals surface area contributed by atoms with E-state index in [9.17, 15) is 9.90 Å². The van der Waals surface area contributed by atoms with Gasteiger partial charge in [-0.3, -0.25) is 4.79 Å². The number of carbonyl (C=O) groups is 1. The minimum absolute atomic E-state index is 0.150. The Kier molecular flexibility index (Phi) is 3.43. The zero-order valence-electron chi connectivity index (χ0n) is 9.97. The Morgan fingerprint density at radius 3 is 2.95 bits per heavy atom. The van der Waals surface area contributed by atoms with Crippen LogP contribution in [-0.2, 0) is 6.42 Å². The maximum Gasteiger partial charge on any atom is 0.252 e. The lowest BCUT2D eigenvalue weighted by Gasteiger charge is -2.17. The minimum Gasteiger partial charge on any atom is -0.390 e. The van der Waals surface area contributed by atoms with Crippen molar-refractivity contribution in [1.29, 1.82) is 0 Å². The zero-order valence-corrected chi connectivity index (χ0v) is 12.4. The van der Waals surface area contributed by atoms with Gasteiger partial charge in [0.25, 0.3) is 5.91 Å². The molecule has 3 rings (SSSR count). The number of halogens is 1. The van der Waals surface area contributed by atoms with Gasteiger partial charge in [-0.15, -0.1) is 11.3 Å². The second-order valence-electron chi connectivity index (χ2n) is 4.56. The van der Waals surface area contributed by atoms with Gasteiger partial charge in [-0.05, 0) is 33.1 Å². The Bertz CT molecular complexity index is 625. The van der Waals surface area contributed by atoms with Crippen molar-refractivity contribution in [3.63, 3.8) is 0 Å². The summed E-state index contributed by atoms with van der Waals surface area (Å²) in [5.74, 6) is -0.150. The number of carbonyl (C=O) groups excluding carboxylic acids is 1. The monoisotopic (exact) mass is 337 g/mol. The first-order valence-electron chi connectivity index (χ1n) is 5.96. The maximum atomic E-state index is 12.1. The summed E-state index contributed by atoms with van der Waals surface area (Å²) in [5.41, 5.74) is 2.73. The summed E-state index contributed by atoms with van der Waals surface area (Å²) < 4.78 is 0.921. The van der Waals surface area contributed by atoms with Gasteiger partial charge in [-0.1, -0.05) is 24.3 Å². The molecule has 2 N–H and O–H groups in total. The van der Waals surface area contributed by atoms with Crippen molar-refractivity contribution >= 4 is 33.2 Å². The van der Waals surface area contributed by atoms with E-state index in [1.54, 1.807) is 11.4 Å². The van der Waals surface area contributed by atoms with Crippen LogP contribution in [0.3, 0.4) is 0 Å². The molecule has 98 valence electrons. The molecule has 19 heavy (non-hydrogen) atoms. The molecule has 0 radical (unpaired) electrons. The highest BCUT2D eigenvalue weighted by molar-refractivity contribution is 9.11. The third kappa shape index (κ3) is 2.45. The van der Waals surface area contributed by atoms with Gasteiger partial charge in [-0.25, -0.2) is 0 Å². The molecular formula is C14H12BrNO2S. The van der Waals surface area contributed by atoms with E-state index in [-0.39, 0.29) is 11.9 Å². The van der Waals surface area contributed by atoms with Gasteiger partial charge >= 0.3 is 0 Å². The average Bonchev–Trinajstić information content (AvgIpc) is 2.95. The molecule has 0 saturated heterocycles. The minimum atomic E-state index is -0.552. The zero-order chi connectivity index (χ0) is 13.4. The van der Waals surface area contributed by atoms with Crippen molar-refractivity contribution in [3.8, 4) is 0 Å². The quantitative estimate of drug-likeness (QED) is 0.885. The highest BCUT2D eigenvalue weighted by Crippen LogP contribution is 2.31. The van der Waals surface area contributed by atoms with Crippen LogP contribution < -0.4 is 5.32 Å². The molecule has 2 unspecified atom stereocenters. The van der Waals surface area contributed by atoms with Crippen LogP contribution in [0.2, 0.25) is 0 Å². The Hall–Kier alpha value is -1.17. The second-order valence-corrected chi connectivity index (χ2v) is 6.85. The van der Waals surface area contributed by atoms with E-state index >= 15 is 0 Å². The summed E-state index contributed by atoms with van der Waals surface area (Å²) in [5, 5.41) is 14.8. The van der Waals surface area contributed by atoms with E-state index in [4.69, 9.17) is 0 Å². The molecule has 2 aromatic rings. The van der Waals surface area contributed by atoms with Crippen molar-refractivity contribution < 1.29 is 9.90 Å². The molecule has 0 aliphatic heterocycles.